The zero-order chi connectivity index (χ0) is 18.2. The molecular formula is C15H22Br2N2O4. The molecule has 1 aliphatic rings. The van der Waals surface area contributed by atoms with Crippen LogP contribution in [0.5, 0.6) is 0 Å². The molecule has 0 aromatic heterocycles. The first-order chi connectivity index (χ1) is 10.2. The number of alkyl halides is 1. The van der Waals surface area contributed by atoms with Crippen molar-refractivity contribution in [1.29, 1.82) is 0 Å². The van der Waals surface area contributed by atoms with Gasteiger partial charge in [0.15, 0.2) is 0 Å². The fraction of sp³-hybridized carbons (Fsp3) is 0.600. The lowest BCUT2D eigenvalue weighted by atomic mass is 10.1. The molecule has 130 valence electrons. The molecule has 6 nitrogen and oxygen atoms in total. The van der Waals surface area contributed by atoms with Gasteiger partial charge in [-0.2, -0.15) is 0 Å². The molecule has 0 saturated carbocycles. The monoisotopic (exact) mass is 452 g/mol. The van der Waals surface area contributed by atoms with Crippen molar-refractivity contribution in [3.05, 3.63) is 22.0 Å². The van der Waals surface area contributed by atoms with Crippen molar-refractivity contribution in [3.63, 3.8) is 0 Å². The van der Waals surface area contributed by atoms with E-state index in [1.807, 2.05) is 0 Å². The highest BCUT2D eigenvalue weighted by atomic mass is 79.9. The summed E-state index contributed by atoms with van der Waals surface area (Å²) >= 11 is 6.61. The summed E-state index contributed by atoms with van der Waals surface area (Å²) in [5.74, 6) is -0.596. The van der Waals surface area contributed by atoms with Crippen LogP contribution in [0, 0.1) is 0 Å². The fourth-order valence-electron chi connectivity index (χ4n) is 1.69. The van der Waals surface area contributed by atoms with Crippen LogP contribution in [-0.4, -0.2) is 33.1 Å². The molecule has 1 rings (SSSR count). The molecule has 0 aromatic rings. The summed E-state index contributed by atoms with van der Waals surface area (Å²) in [6.45, 7) is 10.5. The SMILES string of the molecule is CC(C)(C)OC(=O)C1=C(N)C=C(Br)N(C(=O)OC(C)(C)C)C1Br. The van der Waals surface area contributed by atoms with Crippen LogP contribution in [0.3, 0.4) is 0 Å². The summed E-state index contributed by atoms with van der Waals surface area (Å²) in [5, 5.41) is 0. The van der Waals surface area contributed by atoms with Gasteiger partial charge in [0.25, 0.3) is 0 Å². The second-order valence-electron chi connectivity index (χ2n) is 7.02. The number of nitrogens with zero attached hydrogens (tertiary/aromatic N) is 1. The minimum atomic E-state index is -0.799. The minimum absolute atomic E-state index is 0.147. The standard InChI is InChI=1S/C15H22Br2N2O4/c1-14(2,3)22-12(20)10-8(18)7-9(16)19(11(10)17)13(21)23-15(4,5)6/h7,11H,18H2,1-6H3. The maximum Gasteiger partial charge on any atom is 0.416 e. The van der Waals surface area contributed by atoms with Gasteiger partial charge in [0.05, 0.1) is 10.2 Å². The lowest BCUT2D eigenvalue weighted by Crippen LogP contribution is -2.44. The number of esters is 1. The number of ether oxygens (including phenoxy) is 2. The highest BCUT2D eigenvalue weighted by Gasteiger charge is 2.39. The topological polar surface area (TPSA) is 81.9 Å². The Kier molecular flexibility index (Phi) is 5.96. The molecule has 0 radical (unpaired) electrons. The highest BCUT2D eigenvalue weighted by Crippen LogP contribution is 2.34. The van der Waals surface area contributed by atoms with Crippen LogP contribution in [0.15, 0.2) is 22.0 Å². The Morgan fingerprint density at radius 1 is 1.13 bits per heavy atom. The highest BCUT2D eigenvalue weighted by molar-refractivity contribution is 9.12. The second kappa shape index (κ2) is 6.84. The van der Waals surface area contributed by atoms with E-state index in [1.165, 1.54) is 11.0 Å². The van der Waals surface area contributed by atoms with Crippen molar-refractivity contribution in [1.82, 2.24) is 4.90 Å². The molecule has 0 aromatic carbocycles. The fourth-order valence-corrected chi connectivity index (χ4v) is 3.40. The summed E-state index contributed by atoms with van der Waals surface area (Å²) in [6.07, 6.45) is 0.858. The number of carbonyl (C=O) groups excluding carboxylic acids is 2. The van der Waals surface area contributed by atoms with Gasteiger partial charge >= 0.3 is 12.1 Å². The third kappa shape index (κ3) is 5.53. The summed E-state index contributed by atoms with van der Waals surface area (Å²) in [4.78, 5) is 25.2. The minimum Gasteiger partial charge on any atom is -0.456 e. The molecule has 0 bridgehead atoms. The van der Waals surface area contributed by atoms with Crippen LogP contribution in [0.2, 0.25) is 0 Å². The number of amides is 1. The Hall–Kier alpha value is -1.02. The van der Waals surface area contributed by atoms with Crippen LogP contribution < -0.4 is 5.73 Å². The second-order valence-corrected chi connectivity index (χ2v) is 8.70. The van der Waals surface area contributed by atoms with Crippen LogP contribution in [0.1, 0.15) is 41.5 Å². The van der Waals surface area contributed by atoms with Gasteiger partial charge in [-0.15, -0.1) is 0 Å². The van der Waals surface area contributed by atoms with Gasteiger partial charge in [-0.1, -0.05) is 15.9 Å². The van der Waals surface area contributed by atoms with E-state index < -0.39 is 28.2 Å². The molecule has 1 atom stereocenters. The number of nitrogens with two attached hydrogens (primary N) is 1. The molecular weight excluding hydrogens is 432 g/mol. The number of hydrogen-bond acceptors (Lipinski definition) is 5. The van der Waals surface area contributed by atoms with Gasteiger partial charge in [-0.3, -0.25) is 4.90 Å². The summed E-state index contributed by atoms with van der Waals surface area (Å²) in [5.41, 5.74) is 4.95. The lowest BCUT2D eigenvalue weighted by molar-refractivity contribution is -0.150. The third-order valence-corrected chi connectivity index (χ3v) is 3.97. The van der Waals surface area contributed by atoms with Gasteiger partial charge in [0.1, 0.15) is 16.2 Å². The normalized spacial score (nSPS) is 19.4. The van der Waals surface area contributed by atoms with Gasteiger partial charge in [0, 0.05) is 5.70 Å². The summed E-state index contributed by atoms with van der Waals surface area (Å²) in [6, 6.07) is 0. The number of carbonyl (C=O) groups is 2. The summed E-state index contributed by atoms with van der Waals surface area (Å²) in [7, 11) is 0. The zero-order valence-corrected chi connectivity index (χ0v) is 17.2. The first-order valence-corrected chi connectivity index (χ1v) is 8.70. The Bertz CT molecular complexity index is 571. The molecule has 0 saturated heterocycles. The lowest BCUT2D eigenvalue weighted by Gasteiger charge is -2.34. The first kappa shape index (κ1) is 20.0. The molecule has 0 aliphatic carbocycles. The molecule has 8 heteroatoms. The largest absolute Gasteiger partial charge is 0.456 e. The van der Waals surface area contributed by atoms with Crippen LogP contribution >= 0.6 is 31.9 Å². The zero-order valence-electron chi connectivity index (χ0n) is 14.1. The van der Waals surface area contributed by atoms with E-state index in [4.69, 9.17) is 15.2 Å². The quantitative estimate of drug-likeness (QED) is 0.371. The first-order valence-electron chi connectivity index (χ1n) is 6.99. The van der Waals surface area contributed by atoms with Crippen molar-refractivity contribution in [3.8, 4) is 0 Å². The molecule has 1 unspecified atom stereocenters. The van der Waals surface area contributed by atoms with Crippen molar-refractivity contribution in [2.75, 3.05) is 0 Å². The predicted octanol–water partition coefficient (Wildman–Crippen LogP) is 3.75. The maximum atomic E-state index is 12.4. The molecule has 23 heavy (non-hydrogen) atoms. The van der Waals surface area contributed by atoms with Gasteiger partial charge < -0.3 is 15.2 Å². The van der Waals surface area contributed by atoms with E-state index in [0.717, 1.165) is 0 Å². The average molecular weight is 454 g/mol. The van der Waals surface area contributed by atoms with Crippen LogP contribution in [0.25, 0.3) is 0 Å². The number of rotatable bonds is 1. The molecule has 2 N–H and O–H groups in total. The van der Waals surface area contributed by atoms with Crippen molar-refractivity contribution >= 4 is 43.9 Å². The van der Waals surface area contributed by atoms with Crippen molar-refractivity contribution < 1.29 is 19.1 Å². The molecule has 1 amide bonds. The van der Waals surface area contributed by atoms with E-state index in [9.17, 15) is 9.59 Å². The van der Waals surface area contributed by atoms with E-state index in [-0.39, 0.29) is 11.3 Å². The Balaban J connectivity index is 3.13. The van der Waals surface area contributed by atoms with E-state index >= 15 is 0 Å². The molecule has 1 heterocycles. The van der Waals surface area contributed by atoms with E-state index in [2.05, 4.69) is 31.9 Å². The van der Waals surface area contributed by atoms with Gasteiger partial charge in [-0.25, -0.2) is 9.59 Å². The Morgan fingerprint density at radius 2 is 1.61 bits per heavy atom. The number of hydrogen-bond donors (Lipinski definition) is 1. The molecule has 0 spiro atoms. The van der Waals surface area contributed by atoms with E-state index in [0.29, 0.717) is 4.61 Å². The van der Waals surface area contributed by atoms with Crippen LogP contribution in [0.4, 0.5) is 4.79 Å². The number of allylic oxidation sites excluding steroid dienone is 1. The molecule has 0 fully saturated rings. The smallest absolute Gasteiger partial charge is 0.416 e. The van der Waals surface area contributed by atoms with Crippen LogP contribution in [-0.2, 0) is 14.3 Å². The number of halogens is 2. The molecule has 1 aliphatic heterocycles. The Morgan fingerprint density at radius 3 is 2.04 bits per heavy atom. The Labute approximate surface area is 153 Å². The predicted molar refractivity (Wildman–Crippen MR) is 94.9 cm³/mol. The van der Waals surface area contributed by atoms with E-state index in [1.54, 1.807) is 41.5 Å². The van der Waals surface area contributed by atoms with Crippen molar-refractivity contribution in [2.45, 2.75) is 57.7 Å². The maximum absolute atomic E-state index is 12.4. The third-order valence-electron chi connectivity index (χ3n) is 2.49. The van der Waals surface area contributed by atoms with Crippen molar-refractivity contribution in [2.24, 2.45) is 5.73 Å². The van der Waals surface area contributed by atoms with Gasteiger partial charge in [-0.05, 0) is 63.5 Å². The summed E-state index contributed by atoms with van der Waals surface area (Å²) < 4.78 is 11.1. The average Bonchev–Trinajstić information content (AvgIpc) is 2.21. The van der Waals surface area contributed by atoms with Gasteiger partial charge in [0.2, 0.25) is 0 Å².